The number of nitrogen functional groups attached to an aromatic ring is 1. The predicted octanol–water partition coefficient (Wildman–Crippen LogP) is 7.16. The van der Waals surface area contributed by atoms with Crippen molar-refractivity contribution in [2.24, 2.45) is 0 Å². The topological polar surface area (TPSA) is 119 Å². The van der Waals surface area contributed by atoms with Crippen molar-refractivity contribution < 1.29 is 4.92 Å². The van der Waals surface area contributed by atoms with Crippen LogP contribution in [-0.4, -0.2) is 50.6 Å². The van der Waals surface area contributed by atoms with Gasteiger partial charge in [0.1, 0.15) is 11.6 Å². The van der Waals surface area contributed by atoms with Gasteiger partial charge in [0.15, 0.2) is 0 Å². The van der Waals surface area contributed by atoms with Crippen LogP contribution >= 0.6 is 23.2 Å². The van der Waals surface area contributed by atoms with Crippen LogP contribution in [0.3, 0.4) is 0 Å². The third kappa shape index (κ3) is 5.19. The van der Waals surface area contributed by atoms with Crippen LogP contribution in [0.4, 0.5) is 23.0 Å². The number of non-ortho nitro benzene ring substituents is 1. The van der Waals surface area contributed by atoms with E-state index in [0.717, 1.165) is 76.5 Å². The van der Waals surface area contributed by atoms with Gasteiger partial charge in [-0.25, -0.2) is 15.0 Å². The molecule has 4 heterocycles. The average Bonchev–Trinajstić information content (AvgIpc) is 3.58. The number of fused-ring (bicyclic) bond motifs is 4. The Bertz CT molecular complexity index is 2180. The van der Waals surface area contributed by atoms with Crippen LogP contribution in [0, 0.1) is 10.1 Å². The van der Waals surface area contributed by atoms with Gasteiger partial charge < -0.3 is 20.1 Å². The molecule has 0 bridgehead atoms. The third-order valence-corrected chi connectivity index (χ3v) is 9.82. The maximum Gasteiger partial charge on any atom is 0.269 e. The highest BCUT2D eigenvalue weighted by molar-refractivity contribution is 6.42. The molecule has 0 saturated carbocycles. The molecule has 47 heavy (non-hydrogen) atoms. The van der Waals surface area contributed by atoms with Gasteiger partial charge in [0.25, 0.3) is 5.69 Å². The van der Waals surface area contributed by atoms with Crippen molar-refractivity contribution >= 4 is 57.1 Å². The van der Waals surface area contributed by atoms with E-state index >= 15 is 0 Å². The Kier molecular flexibility index (Phi) is 7.19. The van der Waals surface area contributed by atoms with Gasteiger partial charge in [-0.2, -0.15) is 0 Å². The van der Waals surface area contributed by atoms with E-state index in [4.69, 9.17) is 38.9 Å². The van der Waals surface area contributed by atoms with Crippen molar-refractivity contribution in [3.8, 4) is 11.3 Å². The number of halogens is 2. The second-order valence-electron chi connectivity index (χ2n) is 11.8. The third-order valence-electron chi connectivity index (χ3n) is 9.08. The summed E-state index contributed by atoms with van der Waals surface area (Å²) in [7, 11) is 0. The summed E-state index contributed by atoms with van der Waals surface area (Å²) in [5, 5.41) is 13.9. The summed E-state index contributed by atoms with van der Waals surface area (Å²) in [6, 6.07) is 21.9. The molecule has 1 fully saturated rings. The van der Waals surface area contributed by atoms with E-state index in [1.807, 2.05) is 65.5 Å². The van der Waals surface area contributed by atoms with Crippen molar-refractivity contribution in [3.63, 3.8) is 0 Å². The quantitative estimate of drug-likeness (QED) is 0.117. The normalized spacial score (nSPS) is 15.8. The average molecular weight is 664 g/mol. The lowest BCUT2D eigenvalue weighted by Gasteiger charge is -2.39. The molecular formula is C35H28Cl2N8O2. The first-order valence-corrected chi connectivity index (χ1v) is 16.0. The second kappa shape index (κ2) is 11.6. The first-order valence-electron chi connectivity index (χ1n) is 15.2. The summed E-state index contributed by atoms with van der Waals surface area (Å²) in [6.45, 7) is 2.97. The smallest absolute Gasteiger partial charge is 0.269 e. The Morgan fingerprint density at radius 2 is 1.72 bits per heavy atom. The van der Waals surface area contributed by atoms with Gasteiger partial charge in [-0.15, -0.1) is 0 Å². The zero-order valence-electron chi connectivity index (χ0n) is 25.1. The second-order valence-corrected chi connectivity index (χ2v) is 12.6. The molecule has 1 unspecified atom stereocenters. The summed E-state index contributed by atoms with van der Waals surface area (Å²) in [4.78, 5) is 30.8. The molecule has 1 aliphatic heterocycles. The van der Waals surface area contributed by atoms with Crippen molar-refractivity contribution in [1.82, 2.24) is 19.5 Å². The van der Waals surface area contributed by atoms with Crippen LogP contribution in [0.5, 0.6) is 0 Å². The van der Waals surface area contributed by atoms with Crippen molar-refractivity contribution in [2.45, 2.75) is 12.5 Å². The van der Waals surface area contributed by atoms with Crippen LogP contribution in [-0.2, 0) is 6.42 Å². The van der Waals surface area contributed by atoms with Crippen molar-refractivity contribution in [1.29, 1.82) is 0 Å². The van der Waals surface area contributed by atoms with Crippen LogP contribution in [0.15, 0.2) is 91.5 Å². The van der Waals surface area contributed by atoms with Gasteiger partial charge >= 0.3 is 0 Å². The van der Waals surface area contributed by atoms with Gasteiger partial charge in [-0.1, -0.05) is 47.5 Å². The number of nitro groups is 1. The summed E-state index contributed by atoms with van der Waals surface area (Å²) in [5.74, 6) is 1.78. The van der Waals surface area contributed by atoms with E-state index in [-0.39, 0.29) is 10.6 Å². The number of nitro benzene ring substituents is 1. The zero-order chi connectivity index (χ0) is 32.2. The minimum absolute atomic E-state index is 0.0362. The summed E-state index contributed by atoms with van der Waals surface area (Å²) in [6.07, 6.45) is 6.14. The fraction of sp³-hybridized carbons (Fsp3) is 0.171. The maximum absolute atomic E-state index is 12.0. The van der Waals surface area contributed by atoms with Crippen molar-refractivity contribution in [2.75, 3.05) is 41.7 Å². The lowest BCUT2D eigenvalue weighted by atomic mass is 9.80. The first-order chi connectivity index (χ1) is 22.8. The maximum atomic E-state index is 12.0. The van der Waals surface area contributed by atoms with Crippen molar-refractivity contribution in [3.05, 3.63) is 134 Å². The van der Waals surface area contributed by atoms with E-state index in [1.54, 1.807) is 30.6 Å². The van der Waals surface area contributed by atoms with Crippen LogP contribution in [0.2, 0.25) is 10.0 Å². The van der Waals surface area contributed by atoms with Crippen LogP contribution in [0.1, 0.15) is 28.3 Å². The Labute approximate surface area is 280 Å². The fourth-order valence-electron chi connectivity index (χ4n) is 6.81. The minimum Gasteiger partial charge on any atom is -0.399 e. The number of aromatic nitrogens is 4. The van der Waals surface area contributed by atoms with Gasteiger partial charge in [0.05, 0.1) is 38.5 Å². The molecule has 10 nitrogen and oxygen atoms in total. The molecule has 2 aliphatic rings. The Balaban J connectivity index is 1.31. The molecule has 6 aromatic rings. The standard InChI is InChI=1S/C35H28Cl2N8O2/c36-28-9-5-22(16-29(28)37)31-19-44(20-40-31)34-26-18-24(45(46)47)7-4-21(26)15-27-25-8-6-23(38)17-30(25)41-35(33(27)34)43-13-11-42(12-14-43)32-3-1-2-10-39-32/h1-10,16-20,34H,11-15,38H2. The van der Waals surface area contributed by atoms with E-state index in [2.05, 4.69) is 14.8 Å². The number of rotatable bonds is 5. The highest BCUT2D eigenvalue weighted by Crippen LogP contribution is 2.46. The molecule has 12 heteroatoms. The predicted molar refractivity (Wildman–Crippen MR) is 186 cm³/mol. The molecule has 3 aromatic carbocycles. The Hall–Kier alpha value is -5.19. The number of benzene rings is 3. The lowest BCUT2D eigenvalue weighted by Crippen LogP contribution is -2.47. The van der Waals surface area contributed by atoms with E-state index < -0.39 is 6.04 Å². The van der Waals surface area contributed by atoms with Gasteiger partial charge in [-0.05, 0) is 59.5 Å². The molecule has 1 aliphatic carbocycles. The molecule has 3 aromatic heterocycles. The highest BCUT2D eigenvalue weighted by atomic mass is 35.5. The number of anilines is 3. The number of nitrogens with two attached hydrogens (primary N) is 1. The van der Waals surface area contributed by atoms with Gasteiger partial charge in [0, 0.05) is 72.9 Å². The molecule has 234 valence electrons. The molecule has 1 atom stereocenters. The van der Waals surface area contributed by atoms with E-state index in [1.165, 1.54) is 0 Å². The number of pyridine rings is 2. The van der Waals surface area contributed by atoms with Gasteiger partial charge in [0.2, 0.25) is 0 Å². The number of imidazole rings is 1. The number of hydrogen-bond acceptors (Lipinski definition) is 8. The Morgan fingerprint density at radius 3 is 2.49 bits per heavy atom. The van der Waals surface area contributed by atoms with E-state index in [0.29, 0.717) is 27.8 Å². The SMILES string of the molecule is Nc1ccc2c3c(c(N4CCN(c5ccccn5)CC4)nc2c1)C(n1cnc(-c2ccc(Cl)c(Cl)c2)c1)c1cc([N+](=O)[O-])ccc1C3. The number of hydrogen-bond donors (Lipinski definition) is 1. The molecule has 8 rings (SSSR count). The van der Waals surface area contributed by atoms with Gasteiger partial charge in [-0.3, -0.25) is 10.1 Å². The van der Waals surface area contributed by atoms with Crippen LogP contribution in [0.25, 0.3) is 22.2 Å². The zero-order valence-corrected chi connectivity index (χ0v) is 26.6. The fourth-order valence-corrected chi connectivity index (χ4v) is 7.11. The molecule has 2 N–H and O–H groups in total. The monoisotopic (exact) mass is 662 g/mol. The molecule has 1 saturated heterocycles. The van der Waals surface area contributed by atoms with Crippen LogP contribution < -0.4 is 15.5 Å². The summed E-state index contributed by atoms with van der Waals surface area (Å²) >= 11 is 12.6. The molecule has 0 radical (unpaired) electrons. The summed E-state index contributed by atoms with van der Waals surface area (Å²) in [5.41, 5.74) is 13.2. The lowest BCUT2D eigenvalue weighted by molar-refractivity contribution is -0.384. The number of piperazine rings is 1. The Morgan fingerprint density at radius 1 is 0.894 bits per heavy atom. The molecule has 0 spiro atoms. The summed E-state index contributed by atoms with van der Waals surface area (Å²) < 4.78 is 2.02. The molecular weight excluding hydrogens is 635 g/mol. The minimum atomic E-state index is -0.434. The van der Waals surface area contributed by atoms with E-state index in [9.17, 15) is 10.1 Å². The largest absolute Gasteiger partial charge is 0.399 e. The first kappa shape index (κ1) is 29.2. The number of nitrogens with zero attached hydrogens (tertiary/aromatic N) is 7. The molecule has 0 amide bonds. The highest BCUT2D eigenvalue weighted by Gasteiger charge is 2.35.